The number of hydrogen-bond acceptors (Lipinski definition) is 11. The third kappa shape index (κ3) is 8.64. The Hall–Kier alpha value is -5.52. The molecule has 17 heteroatoms. The molecule has 8 rings (SSSR count). The van der Waals surface area contributed by atoms with Crippen LogP contribution in [0.15, 0.2) is 77.7 Å². The molecule has 284 valence electrons. The molecule has 54 heavy (non-hydrogen) atoms. The number of benzene rings is 4. The molecule has 2 atom stereocenters. The lowest BCUT2D eigenvalue weighted by atomic mass is 10.1. The molecule has 4 aliphatic rings. The normalized spacial score (nSPS) is 18.1. The van der Waals surface area contributed by atoms with Crippen LogP contribution in [0.5, 0.6) is 28.7 Å². The Kier molecular flexibility index (Phi) is 10.3. The summed E-state index contributed by atoms with van der Waals surface area (Å²) in [5.74, 6) is 1.76. The van der Waals surface area contributed by atoms with Crippen LogP contribution >= 0.6 is 0 Å². The molecule has 4 aromatic rings. The van der Waals surface area contributed by atoms with Gasteiger partial charge in [-0.25, -0.2) is 0 Å². The van der Waals surface area contributed by atoms with Crippen LogP contribution < -0.4 is 39.6 Å². The highest BCUT2D eigenvalue weighted by molar-refractivity contribution is 7.86. The van der Waals surface area contributed by atoms with E-state index < -0.39 is 22.6 Å². The summed E-state index contributed by atoms with van der Waals surface area (Å²) in [6, 6.07) is 19.1. The number of fused-ring (bicyclic) bond motifs is 6. The second kappa shape index (κ2) is 15.1. The predicted octanol–water partition coefficient (Wildman–Crippen LogP) is 5.04. The van der Waals surface area contributed by atoms with E-state index in [-0.39, 0.29) is 54.6 Å². The molecule has 13 nitrogen and oxygen atoms in total. The van der Waals surface area contributed by atoms with Crippen molar-refractivity contribution in [1.29, 1.82) is 0 Å². The van der Waals surface area contributed by atoms with Gasteiger partial charge in [0.25, 0.3) is 10.1 Å². The van der Waals surface area contributed by atoms with Gasteiger partial charge in [-0.05, 0) is 61.0 Å². The minimum Gasteiger partial charge on any atom is -0.486 e. The number of ether oxygens (including phenoxy) is 5. The second-order valence-electron chi connectivity index (χ2n) is 12.8. The number of anilines is 2. The summed E-state index contributed by atoms with van der Waals surface area (Å²) in [5, 5.41) is 8.71. The number of amides is 2. The monoisotopic (exact) mass is 769 g/mol. The fraction of sp³-hybridized carbons (Fsp3) is 0.297. The molecule has 0 saturated heterocycles. The van der Waals surface area contributed by atoms with E-state index in [0.717, 1.165) is 27.9 Å². The summed E-state index contributed by atoms with van der Waals surface area (Å²) in [4.78, 5) is 23.3. The highest BCUT2D eigenvalue weighted by atomic mass is 32.2. The van der Waals surface area contributed by atoms with Crippen molar-refractivity contribution in [3.63, 3.8) is 0 Å². The van der Waals surface area contributed by atoms with Gasteiger partial charge >= 0.3 is 6.36 Å². The molecule has 3 N–H and O–H groups in total. The molecule has 2 amide bonds. The molecule has 0 aliphatic carbocycles. The molecule has 4 aromatic carbocycles. The predicted molar refractivity (Wildman–Crippen MR) is 187 cm³/mol. The Balaban J connectivity index is 0.000000167. The summed E-state index contributed by atoms with van der Waals surface area (Å²) in [7, 11) is -3.88. The first-order valence-corrected chi connectivity index (χ1v) is 18.2. The van der Waals surface area contributed by atoms with E-state index in [0.29, 0.717) is 48.4 Å². The zero-order valence-electron chi connectivity index (χ0n) is 28.7. The minimum absolute atomic E-state index is 0.0785. The third-order valence-corrected chi connectivity index (χ3v) is 9.96. The first-order chi connectivity index (χ1) is 25.8. The minimum atomic E-state index is -4.70. The molecular formula is C37H34F3N3O10S. The van der Waals surface area contributed by atoms with Crippen LogP contribution in [0.2, 0.25) is 0 Å². The molecule has 0 radical (unpaired) electrons. The number of carbonyl (C=O) groups excluding carboxylic acids is 2. The molecule has 0 saturated carbocycles. The van der Waals surface area contributed by atoms with Crippen molar-refractivity contribution in [2.45, 2.75) is 49.8 Å². The second-order valence-corrected chi connectivity index (χ2v) is 14.4. The van der Waals surface area contributed by atoms with Crippen LogP contribution in [-0.4, -0.2) is 65.2 Å². The van der Waals surface area contributed by atoms with Gasteiger partial charge < -0.3 is 39.6 Å². The maximum atomic E-state index is 12.3. The van der Waals surface area contributed by atoms with Gasteiger partial charge in [-0.2, -0.15) is 8.42 Å². The van der Waals surface area contributed by atoms with E-state index in [1.165, 1.54) is 24.3 Å². The van der Waals surface area contributed by atoms with Crippen molar-refractivity contribution >= 4 is 33.3 Å². The lowest BCUT2D eigenvalue weighted by Crippen LogP contribution is -2.38. The van der Waals surface area contributed by atoms with E-state index in [2.05, 4.69) is 20.7 Å². The summed E-state index contributed by atoms with van der Waals surface area (Å²) >= 11 is 0. The van der Waals surface area contributed by atoms with Crippen LogP contribution in [-0.2, 0) is 43.3 Å². The van der Waals surface area contributed by atoms with Gasteiger partial charge in [-0.3, -0.25) is 13.8 Å². The number of nitrogens with one attached hydrogen (secondary N) is 3. The Morgan fingerprint density at radius 3 is 1.91 bits per heavy atom. The largest absolute Gasteiger partial charge is 0.573 e. The van der Waals surface area contributed by atoms with Gasteiger partial charge in [0.15, 0.2) is 29.1 Å². The summed E-state index contributed by atoms with van der Waals surface area (Å²) < 4.78 is 93.3. The number of halogens is 3. The van der Waals surface area contributed by atoms with Crippen LogP contribution in [0.4, 0.5) is 24.5 Å². The average molecular weight is 770 g/mol. The third-order valence-electron chi connectivity index (χ3n) is 8.67. The Morgan fingerprint density at radius 2 is 1.33 bits per heavy atom. The molecule has 0 fully saturated rings. The van der Waals surface area contributed by atoms with E-state index in [9.17, 15) is 31.2 Å². The van der Waals surface area contributed by atoms with Crippen molar-refractivity contribution < 1.29 is 59.0 Å². The van der Waals surface area contributed by atoms with Crippen molar-refractivity contribution in [2.75, 3.05) is 37.0 Å². The Labute approximate surface area is 307 Å². The van der Waals surface area contributed by atoms with Crippen LogP contribution in [0, 0.1) is 6.92 Å². The van der Waals surface area contributed by atoms with E-state index >= 15 is 0 Å². The molecule has 0 aromatic heterocycles. The first kappa shape index (κ1) is 36.8. The molecular weight excluding hydrogens is 735 g/mol. The van der Waals surface area contributed by atoms with Crippen LogP contribution in [0.25, 0.3) is 0 Å². The van der Waals surface area contributed by atoms with Crippen LogP contribution in [0.3, 0.4) is 0 Å². The smallest absolute Gasteiger partial charge is 0.486 e. The zero-order chi connectivity index (χ0) is 38.0. The summed E-state index contributed by atoms with van der Waals surface area (Å²) in [6.07, 6.45) is -5.08. The van der Waals surface area contributed by atoms with Gasteiger partial charge in [0.2, 0.25) is 11.8 Å². The number of hydrogen-bond donors (Lipinski definition) is 3. The number of rotatable bonds is 9. The van der Waals surface area contributed by atoms with Gasteiger partial charge in [0.05, 0.1) is 17.7 Å². The number of carbonyl (C=O) groups is 2. The maximum Gasteiger partial charge on any atom is 0.573 e. The Bertz CT molecular complexity index is 2160. The molecule has 4 aliphatic heterocycles. The van der Waals surface area contributed by atoms with E-state index in [1.54, 1.807) is 48.5 Å². The summed E-state index contributed by atoms with van der Waals surface area (Å²) in [6.45, 7) is 3.15. The van der Waals surface area contributed by atoms with E-state index in [4.69, 9.17) is 23.1 Å². The molecule has 4 heterocycles. The molecule has 2 unspecified atom stereocenters. The van der Waals surface area contributed by atoms with Gasteiger partial charge in [-0.1, -0.05) is 29.8 Å². The lowest BCUT2D eigenvalue weighted by molar-refractivity contribution is -0.274. The van der Waals surface area contributed by atoms with Gasteiger partial charge in [0, 0.05) is 35.6 Å². The number of alkyl halides is 3. The van der Waals surface area contributed by atoms with Gasteiger partial charge in [-0.15, -0.1) is 13.2 Å². The Morgan fingerprint density at radius 1 is 0.778 bits per heavy atom. The van der Waals surface area contributed by atoms with Crippen molar-refractivity contribution in [2.24, 2.45) is 0 Å². The first-order valence-electron chi connectivity index (χ1n) is 16.8. The van der Waals surface area contributed by atoms with Crippen LogP contribution in [0.1, 0.15) is 22.3 Å². The molecule has 0 spiro atoms. The molecule has 0 bridgehead atoms. The SMILES string of the molecule is Cc1ccc(S(=O)(=O)OCC2COc3ccc4c(c3O2)CC(=O)N4)cc1.O=C1Cc2c(ccc3c2OC(CNCc2ccc(OC(F)(F)F)cc2)CO3)N1. The topological polar surface area (TPSA) is 160 Å². The van der Waals surface area contributed by atoms with Gasteiger partial charge in [0.1, 0.15) is 31.7 Å². The quantitative estimate of drug-likeness (QED) is 0.196. The number of aryl methyl sites for hydroxylation is 1. The highest BCUT2D eigenvalue weighted by Crippen LogP contribution is 2.43. The van der Waals surface area contributed by atoms with Crippen molar-refractivity contribution in [3.8, 4) is 28.7 Å². The highest BCUT2D eigenvalue weighted by Gasteiger charge is 2.33. The zero-order valence-corrected chi connectivity index (χ0v) is 29.5. The van der Waals surface area contributed by atoms with Crippen molar-refractivity contribution in [3.05, 3.63) is 95.1 Å². The average Bonchev–Trinajstić information content (AvgIpc) is 3.73. The van der Waals surface area contributed by atoms with Crippen molar-refractivity contribution in [1.82, 2.24) is 5.32 Å². The summed E-state index contributed by atoms with van der Waals surface area (Å²) in [5.41, 5.74) is 4.71. The fourth-order valence-electron chi connectivity index (χ4n) is 6.07. The van der Waals surface area contributed by atoms with E-state index in [1.807, 2.05) is 6.92 Å². The maximum absolute atomic E-state index is 12.3. The lowest BCUT2D eigenvalue weighted by Gasteiger charge is -2.28. The standard InChI is InChI=1S/C19H17F3N2O4.C18H17NO6S/c20-19(21,22)28-12-3-1-11(2-4-12)8-23-9-13-10-26-16-6-5-15-14(18(16)27-13)7-17(25)24-15;1-11-2-4-13(5-3-11)26(21,22)24-10-12-9-23-16-7-6-15-14(18(16)25-12)8-17(20)19-15/h1-6,13,23H,7-10H2,(H,24,25);2-7,12H,8-10H2,1H3,(H,19,20). The fourth-order valence-corrected chi connectivity index (χ4v) is 7.00.